The van der Waals surface area contributed by atoms with Crippen LogP contribution >= 0.6 is 0 Å². The molecule has 112 valence electrons. The number of nitrogens with zero attached hydrogens (tertiary/aromatic N) is 1. The van der Waals surface area contributed by atoms with Crippen LogP contribution in [0, 0.1) is 5.92 Å². The normalized spacial score (nSPS) is 23.8. The molecule has 1 heterocycles. The van der Waals surface area contributed by atoms with Gasteiger partial charge in [0.2, 0.25) is 0 Å². The fraction of sp³-hybridized carbons (Fsp3) is 0.667. The molecule has 0 saturated heterocycles. The molecule has 20 heavy (non-hydrogen) atoms. The van der Waals surface area contributed by atoms with E-state index in [1.54, 1.807) is 0 Å². The fourth-order valence-corrected chi connectivity index (χ4v) is 3.15. The number of alkyl halides is 3. The first-order valence-corrected chi connectivity index (χ1v) is 7.25. The van der Waals surface area contributed by atoms with Crippen molar-refractivity contribution in [2.24, 2.45) is 5.92 Å². The van der Waals surface area contributed by atoms with Crippen LogP contribution in [0.25, 0.3) is 0 Å². The predicted octanol–water partition coefficient (Wildman–Crippen LogP) is 3.98. The molecule has 1 N–H and O–H groups in total. The van der Waals surface area contributed by atoms with Gasteiger partial charge in [0, 0.05) is 12.4 Å². The number of hydrogen-bond acceptors (Lipinski definition) is 2. The summed E-state index contributed by atoms with van der Waals surface area (Å²) < 4.78 is 39.4. The minimum absolute atomic E-state index is 0.0341. The van der Waals surface area contributed by atoms with Crippen LogP contribution in [0.3, 0.4) is 0 Å². The molecule has 0 bridgehead atoms. The molecule has 0 amide bonds. The molecule has 0 aliphatic heterocycles. The van der Waals surface area contributed by atoms with E-state index in [4.69, 9.17) is 0 Å². The van der Waals surface area contributed by atoms with E-state index in [0.717, 1.165) is 44.8 Å². The summed E-state index contributed by atoms with van der Waals surface area (Å²) in [6.07, 6.45) is 2.27. The van der Waals surface area contributed by atoms with Crippen molar-refractivity contribution >= 4 is 0 Å². The maximum absolute atomic E-state index is 13.1. The summed E-state index contributed by atoms with van der Waals surface area (Å²) in [6.45, 7) is 3.65. The van der Waals surface area contributed by atoms with E-state index in [1.165, 1.54) is 12.4 Å². The number of aromatic nitrogens is 1. The van der Waals surface area contributed by atoms with Gasteiger partial charge in [-0.1, -0.05) is 19.8 Å². The molecule has 2 unspecified atom stereocenters. The number of hydrogen-bond donors (Lipinski definition) is 1. The number of nitrogens with one attached hydrogen (secondary N) is 1. The van der Waals surface area contributed by atoms with Crippen LogP contribution < -0.4 is 5.32 Å². The molecule has 1 fully saturated rings. The van der Waals surface area contributed by atoms with Gasteiger partial charge in [0.15, 0.2) is 0 Å². The minimum atomic E-state index is -4.29. The van der Waals surface area contributed by atoms with E-state index in [1.807, 2.05) is 6.92 Å². The first-order valence-electron chi connectivity index (χ1n) is 7.25. The van der Waals surface area contributed by atoms with E-state index in [2.05, 4.69) is 10.3 Å². The van der Waals surface area contributed by atoms with Crippen molar-refractivity contribution < 1.29 is 13.2 Å². The van der Waals surface area contributed by atoms with E-state index in [9.17, 15) is 13.2 Å². The van der Waals surface area contributed by atoms with Crippen molar-refractivity contribution in [2.75, 3.05) is 13.1 Å². The van der Waals surface area contributed by atoms with Crippen molar-refractivity contribution in [3.8, 4) is 0 Å². The Labute approximate surface area is 117 Å². The molecule has 0 spiro atoms. The fourth-order valence-electron chi connectivity index (χ4n) is 3.15. The van der Waals surface area contributed by atoms with E-state index in [0.29, 0.717) is 5.56 Å². The lowest BCUT2D eigenvalue weighted by atomic mass is 9.74. The van der Waals surface area contributed by atoms with Gasteiger partial charge in [-0.3, -0.25) is 4.98 Å². The average Bonchev–Trinajstić information content (AvgIpc) is 2.44. The van der Waals surface area contributed by atoms with Gasteiger partial charge in [0.05, 0.1) is 5.56 Å². The molecule has 0 aromatic carbocycles. The largest absolute Gasteiger partial charge is 0.416 e. The van der Waals surface area contributed by atoms with E-state index in [-0.39, 0.29) is 11.8 Å². The summed E-state index contributed by atoms with van der Waals surface area (Å²) in [5, 5.41) is 3.27. The first-order chi connectivity index (χ1) is 9.54. The van der Waals surface area contributed by atoms with Gasteiger partial charge in [0.25, 0.3) is 0 Å². The maximum Gasteiger partial charge on any atom is 0.416 e. The second-order valence-corrected chi connectivity index (χ2v) is 5.42. The number of rotatable bonds is 4. The van der Waals surface area contributed by atoms with E-state index < -0.39 is 11.7 Å². The highest BCUT2D eigenvalue weighted by Gasteiger charge is 2.37. The van der Waals surface area contributed by atoms with Gasteiger partial charge in [-0.25, -0.2) is 0 Å². The predicted molar refractivity (Wildman–Crippen MR) is 72.5 cm³/mol. The summed E-state index contributed by atoms with van der Waals surface area (Å²) in [5.74, 6) is 0.238. The van der Waals surface area contributed by atoms with Crippen LogP contribution in [-0.4, -0.2) is 18.1 Å². The van der Waals surface area contributed by atoms with Gasteiger partial charge in [0.1, 0.15) is 0 Å². The van der Waals surface area contributed by atoms with Gasteiger partial charge in [-0.15, -0.1) is 0 Å². The minimum Gasteiger partial charge on any atom is -0.317 e. The molecule has 2 atom stereocenters. The van der Waals surface area contributed by atoms with Crippen LogP contribution in [0.15, 0.2) is 18.5 Å². The van der Waals surface area contributed by atoms with Gasteiger partial charge in [-0.05, 0) is 49.4 Å². The molecule has 1 saturated carbocycles. The summed E-state index contributed by atoms with van der Waals surface area (Å²) in [5.41, 5.74) is -0.136. The quantitative estimate of drug-likeness (QED) is 0.905. The van der Waals surface area contributed by atoms with Crippen molar-refractivity contribution in [3.05, 3.63) is 29.6 Å². The van der Waals surface area contributed by atoms with Crippen molar-refractivity contribution in [1.29, 1.82) is 0 Å². The zero-order valence-electron chi connectivity index (χ0n) is 11.7. The van der Waals surface area contributed by atoms with Crippen molar-refractivity contribution in [2.45, 2.75) is 44.7 Å². The molecular formula is C15H21F3N2. The van der Waals surface area contributed by atoms with Crippen LogP contribution in [0.4, 0.5) is 13.2 Å². The average molecular weight is 286 g/mol. The first kappa shape index (κ1) is 15.3. The Bertz CT molecular complexity index is 431. The van der Waals surface area contributed by atoms with Crippen LogP contribution in [0.5, 0.6) is 0 Å². The lowest BCUT2D eigenvalue weighted by Crippen LogP contribution is -2.30. The Morgan fingerprint density at radius 2 is 2.05 bits per heavy atom. The number of halogens is 3. The van der Waals surface area contributed by atoms with Crippen molar-refractivity contribution in [3.63, 3.8) is 0 Å². The third-order valence-electron chi connectivity index (χ3n) is 4.12. The Morgan fingerprint density at radius 3 is 2.75 bits per heavy atom. The summed E-state index contributed by atoms with van der Waals surface area (Å²) >= 11 is 0. The second kappa shape index (κ2) is 6.57. The lowest BCUT2D eigenvalue weighted by Gasteiger charge is -2.33. The van der Waals surface area contributed by atoms with Gasteiger partial charge >= 0.3 is 6.18 Å². The molecule has 2 rings (SSSR count). The maximum atomic E-state index is 13.1. The summed E-state index contributed by atoms with van der Waals surface area (Å²) in [6, 6.07) is 1.11. The topological polar surface area (TPSA) is 24.9 Å². The van der Waals surface area contributed by atoms with Gasteiger partial charge < -0.3 is 5.32 Å². The van der Waals surface area contributed by atoms with Crippen LogP contribution in [-0.2, 0) is 6.18 Å². The molecular weight excluding hydrogens is 265 g/mol. The van der Waals surface area contributed by atoms with Gasteiger partial charge in [-0.2, -0.15) is 13.2 Å². The summed E-state index contributed by atoms with van der Waals surface area (Å²) in [4.78, 5) is 3.93. The zero-order valence-corrected chi connectivity index (χ0v) is 11.7. The Kier molecular flexibility index (Phi) is 5.02. The third kappa shape index (κ3) is 3.51. The van der Waals surface area contributed by atoms with Crippen LogP contribution in [0.1, 0.15) is 49.7 Å². The molecule has 1 aliphatic rings. The third-order valence-corrected chi connectivity index (χ3v) is 4.12. The van der Waals surface area contributed by atoms with Crippen LogP contribution in [0.2, 0.25) is 0 Å². The lowest BCUT2D eigenvalue weighted by molar-refractivity contribution is -0.138. The molecule has 5 heteroatoms. The zero-order chi connectivity index (χ0) is 14.6. The molecule has 2 nitrogen and oxygen atoms in total. The smallest absolute Gasteiger partial charge is 0.317 e. The molecule has 1 aromatic heterocycles. The standard InChI is InChI=1S/C15H21F3N2/c1-2-19-9-11-5-3-4-6-12(11)13-10-20-8-7-14(13)15(16,17)18/h7-8,10-12,19H,2-6,9H2,1H3. The Morgan fingerprint density at radius 1 is 1.30 bits per heavy atom. The monoisotopic (exact) mass is 286 g/mol. The van der Waals surface area contributed by atoms with E-state index >= 15 is 0 Å². The second-order valence-electron chi connectivity index (χ2n) is 5.42. The SMILES string of the molecule is CCNCC1CCCCC1c1cnccc1C(F)(F)F. The summed E-state index contributed by atoms with van der Waals surface area (Å²) in [7, 11) is 0. The molecule has 1 aliphatic carbocycles. The highest BCUT2D eigenvalue weighted by Crippen LogP contribution is 2.42. The Hall–Kier alpha value is -1.10. The highest BCUT2D eigenvalue weighted by molar-refractivity contribution is 5.30. The Balaban J connectivity index is 2.28. The highest BCUT2D eigenvalue weighted by atomic mass is 19.4. The van der Waals surface area contributed by atoms with Crippen molar-refractivity contribution in [1.82, 2.24) is 10.3 Å². The molecule has 1 aromatic rings. The number of pyridine rings is 1. The molecule has 0 radical (unpaired) electrons.